The Labute approximate surface area is 110 Å². The molecule has 0 aliphatic heterocycles. The van der Waals surface area contributed by atoms with Crippen LogP contribution in [0.5, 0.6) is 0 Å². The van der Waals surface area contributed by atoms with Gasteiger partial charge >= 0.3 is 0 Å². The second-order valence-corrected chi connectivity index (χ2v) is 6.28. The van der Waals surface area contributed by atoms with E-state index < -0.39 is 5.82 Å². The van der Waals surface area contributed by atoms with E-state index in [9.17, 15) is 4.39 Å². The number of nitrogens with zero attached hydrogens (tertiary/aromatic N) is 3. The van der Waals surface area contributed by atoms with Gasteiger partial charge in [0.1, 0.15) is 5.82 Å². The summed E-state index contributed by atoms with van der Waals surface area (Å²) in [7, 11) is 0. The molecule has 2 rings (SSSR count). The van der Waals surface area contributed by atoms with Crippen molar-refractivity contribution < 1.29 is 4.39 Å². The molecule has 0 bridgehead atoms. The topological polar surface area (TPSA) is 49.6 Å². The summed E-state index contributed by atoms with van der Waals surface area (Å²) in [4.78, 5) is 0.658. The minimum Gasteiger partial charge on any atom is -0.207 e. The molecule has 1 heterocycles. The Kier molecular flexibility index (Phi) is 3.99. The summed E-state index contributed by atoms with van der Waals surface area (Å²) in [6.45, 7) is 0. The van der Waals surface area contributed by atoms with Crippen molar-refractivity contribution in [3.8, 4) is 6.07 Å². The zero-order valence-electron chi connectivity index (χ0n) is 8.68. The molecule has 0 N–H and O–H groups in total. The summed E-state index contributed by atoms with van der Waals surface area (Å²) in [6.07, 6.45) is 1.92. The Morgan fingerprint density at radius 1 is 1.29 bits per heavy atom. The molecule has 0 amide bonds. The lowest BCUT2D eigenvalue weighted by molar-refractivity contribution is 0.623. The maximum atomic E-state index is 13.2. The fraction of sp³-hybridized carbons (Fsp3) is 0.100. The van der Waals surface area contributed by atoms with Gasteiger partial charge < -0.3 is 0 Å². The monoisotopic (exact) mass is 283 g/mol. The molecular formula is C10H6FN3S3. The highest BCUT2D eigenvalue weighted by Gasteiger charge is 2.07. The van der Waals surface area contributed by atoms with E-state index in [1.807, 2.05) is 12.3 Å². The fourth-order valence-electron chi connectivity index (χ4n) is 1.11. The third-order valence-electron chi connectivity index (χ3n) is 1.77. The van der Waals surface area contributed by atoms with E-state index in [4.69, 9.17) is 5.26 Å². The van der Waals surface area contributed by atoms with E-state index in [1.54, 1.807) is 6.07 Å². The smallest absolute Gasteiger partial charge is 0.179 e. The molecule has 7 heteroatoms. The van der Waals surface area contributed by atoms with Crippen LogP contribution in [0.25, 0.3) is 0 Å². The number of halogens is 1. The first-order chi connectivity index (χ1) is 8.21. The summed E-state index contributed by atoms with van der Waals surface area (Å²) >= 11 is 4.27. The van der Waals surface area contributed by atoms with Gasteiger partial charge in [-0.2, -0.15) is 5.26 Å². The molecule has 3 nitrogen and oxygen atoms in total. The Bertz CT molecular complexity index is 576. The predicted molar refractivity (Wildman–Crippen MR) is 66.9 cm³/mol. The zero-order valence-corrected chi connectivity index (χ0v) is 11.1. The summed E-state index contributed by atoms with van der Waals surface area (Å²) in [5.74, 6) is -0.416. The number of aromatic nitrogens is 2. The van der Waals surface area contributed by atoms with Gasteiger partial charge in [-0.3, -0.25) is 0 Å². The number of hydrogen-bond acceptors (Lipinski definition) is 6. The highest BCUT2D eigenvalue weighted by Crippen LogP contribution is 2.33. The molecular weight excluding hydrogens is 277 g/mol. The molecule has 1 aromatic heterocycles. The molecule has 0 radical (unpaired) electrons. The van der Waals surface area contributed by atoms with Gasteiger partial charge in [-0.15, -0.1) is 10.2 Å². The lowest BCUT2D eigenvalue weighted by Gasteiger charge is -1.98. The molecule has 0 aliphatic rings. The van der Waals surface area contributed by atoms with E-state index >= 15 is 0 Å². The first kappa shape index (κ1) is 12.4. The number of rotatable bonds is 3. The van der Waals surface area contributed by atoms with Crippen LogP contribution in [0.3, 0.4) is 0 Å². The Hall–Kier alpha value is -1.10. The van der Waals surface area contributed by atoms with Gasteiger partial charge in [-0.25, -0.2) is 4.39 Å². The van der Waals surface area contributed by atoms with Crippen LogP contribution in [0.2, 0.25) is 0 Å². The standard InChI is InChI=1S/C10H6FN3S3/c1-15-9-13-14-10(17-9)16-8-3-6(5-12)2-7(11)4-8/h2-4H,1H3. The number of hydrogen-bond donors (Lipinski definition) is 0. The average molecular weight is 283 g/mol. The van der Waals surface area contributed by atoms with E-state index in [0.717, 1.165) is 8.68 Å². The molecule has 0 saturated heterocycles. The highest BCUT2D eigenvalue weighted by atomic mass is 32.2. The predicted octanol–water partition coefficient (Wildman–Crippen LogP) is 3.42. The lowest BCUT2D eigenvalue weighted by atomic mass is 10.2. The molecule has 86 valence electrons. The minimum atomic E-state index is -0.416. The highest BCUT2D eigenvalue weighted by molar-refractivity contribution is 8.03. The van der Waals surface area contributed by atoms with Crippen molar-refractivity contribution in [2.45, 2.75) is 13.6 Å². The second kappa shape index (κ2) is 5.49. The van der Waals surface area contributed by atoms with Gasteiger partial charge in [0.25, 0.3) is 0 Å². The van der Waals surface area contributed by atoms with Crippen LogP contribution in [0.1, 0.15) is 5.56 Å². The number of benzene rings is 1. The summed E-state index contributed by atoms with van der Waals surface area (Å²) in [5, 5.41) is 16.7. The summed E-state index contributed by atoms with van der Waals surface area (Å²) < 4.78 is 14.8. The first-order valence-corrected chi connectivity index (χ1v) is 7.33. The second-order valence-electron chi connectivity index (χ2n) is 2.93. The third kappa shape index (κ3) is 3.19. The van der Waals surface area contributed by atoms with Crippen molar-refractivity contribution in [1.29, 1.82) is 5.26 Å². The number of thioether (sulfide) groups is 1. The summed E-state index contributed by atoms with van der Waals surface area (Å²) in [5.41, 5.74) is 0.308. The van der Waals surface area contributed by atoms with Crippen LogP contribution in [-0.2, 0) is 0 Å². The molecule has 0 atom stereocenters. The van der Waals surface area contributed by atoms with Gasteiger partial charge in [-0.1, -0.05) is 34.9 Å². The van der Waals surface area contributed by atoms with Crippen LogP contribution >= 0.6 is 34.9 Å². The van der Waals surface area contributed by atoms with Crippen molar-refractivity contribution in [1.82, 2.24) is 10.2 Å². The van der Waals surface area contributed by atoms with E-state index in [1.165, 1.54) is 47.0 Å². The van der Waals surface area contributed by atoms with Crippen LogP contribution in [0.15, 0.2) is 31.8 Å². The first-order valence-electron chi connectivity index (χ1n) is 4.47. The SMILES string of the molecule is CSc1nnc(Sc2cc(F)cc(C#N)c2)s1. The van der Waals surface area contributed by atoms with Gasteiger partial charge in [-0.05, 0) is 24.5 Å². The van der Waals surface area contributed by atoms with Gasteiger partial charge in [0, 0.05) is 4.90 Å². The van der Waals surface area contributed by atoms with Crippen molar-refractivity contribution >= 4 is 34.9 Å². The molecule has 17 heavy (non-hydrogen) atoms. The van der Waals surface area contributed by atoms with Gasteiger partial charge in [0.2, 0.25) is 0 Å². The fourth-order valence-corrected chi connectivity index (χ4v) is 3.60. The molecule has 0 fully saturated rings. The molecule has 0 saturated carbocycles. The molecule has 2 aromatic rings. The largest absolute Gasteiger partial charge is 0.207 e. The Morgan fingerprint density at radius 2 is 2.06 bits per heavy atom. The van der Waals surface area contributed by atoms with Crippen molar-refractivity contribution in [3.05, 3.63) is 29.6 Å². The maximum Gasteiger partial charge on any atom is 0.179 e. The Morgan fingerprint density at radius 3 is 2.71 bits per heavy atom. The van der Waals surface area contributed by atoms with Crippen LogP contribution in [0.4, 0.5) is 4.39 Å². The van der Waals surface area contributed by atoms with E-state index in [2.05, 4.69) is 10.2 Å². The third-order valence-corrected chi connectivity index (χ3v) is 4.69. The normalized spacial score (nSPS) is 10.2. The van der Waals surface area contributed by atoms with Crippen LogP contribution in [0, 0.1) is 17.1 Å². The summed E-state index contributed by atoms with van der Waals surface area (Å²) in [6, 6.07) is 6.14. The Balaban J connectivity index is 2.24. The van der Waals surface area contributed by atoms with Crippen molar-refractivity contribution in [3.63, 3.8) is 0 Å². The van der Waals surface area contributed by atoms with Crippen LogP contribution in [-0.4, -0.2) is 16.5 Å². The number of nitriles is 1. The zero-order chi connectivity index (χ0) is 12.3. The molecule has 0 spiro atoms. The average Bonchev–Trinajstić information content (AvgIpc) is 2.76. The van der Waals surface area contributed by atoms with E-state index in [-0.39, 0.29) is 0 Å². The maximum absolute atomic E-state index is 13.2. The van der Waals surface area contributed by atoms with Crippen molar-refractivity contribution in [2.24, 2.45) is 0 Å². The van der Waals surface area contributed by atoms with Gasteiger partial charge in [0.05, 0.1) is 11.6 Å². The quantitative estimate of drug-likeness (QED) is 0.808. The van der Waals surface area contributed by atoms with Gasteiger partial charge in [0.15, 0.2) is 8.68 Å². The molecule has 0 unspecified atom stereocenters. The minimum absolute atomic E-state index is 0.308. The molecule has 1 aromatic carbocycles. The van der Waals surface area contributed by atoms with Crippen molar-refractivity contribution in [2.75, 3.05) is 6.26 Å². The van der Waals surface area contributed by atoms with Crippen LogP contribution < -0.4 is 0 Å². The van der Waals surface area contributed by atoms with E-state index in [0.29, 0.717) is 10.5 Å². The molecule has 0 aliphatic carbocycles. The lowest BCUT2D eigenvalue weighted by Crippen LogP contribution is -1.81.